The van der Waals surface area contributed by atoms with E-state index in [2.05, 4.69) is 36.8 Å². The van der Waals surface area contributed by atoms with Crippen molar-refractivity contribution in [3.63, 3.8) is 0 Å². The SMILES string of the molecule is O=C(CC1S/C(=N/N=C/c2ccc(O)c(Br)c2)NC1=O)Nc1ccc(F)cc1. The average molecular weight is 465 g/mol. The van der Waals surface area contributed by atoms with E-state index in [1.807, 2.05) is 0 Å². The fraction of sp³-hybridized carbons (Fsp3) is 0.111. The van der Waals surface area contributed by atoms with E-state index in [0.29, 0.717) is 20.9 Å². The molecule has 2 aromatic rings. The van der Waals surface area contributed by atoms with Gasteiger partial charge >= 0.3 is 0 Å². The van der Waals surface area contributed by atoms with E-state index in [-0.39, 0.29) is 24.0 Å². The lowest BCUT2D eigenvalue weighted by molar-refractivity contribution is -0.122. The number of anilines is 1. The van der Waals surface area contributed by atoms with Gasteiger partial charge in [-0.2, -0.15) is 5.10 Å². The van der Waals surface area contributed by atoms with Gasteiger partial charge in [0.25, 0.3) is 0 Å². The maximum atomic E-state index is 12.9. The zero-order chi connectivity index (χ0) is 20.1. The van der Waals surface area contributed by atoms with Crippen molar-refractivity contribution in [1.82, 2.24) is 5.32 Å². The van der Waals surface area contributed by atoms with Crippen molar-refractivity contribution in [2.24, 2.45) is 10.2 Å². The third-order valence-corrected chi connectivity index (χ3v) is 5.31. The molecule has 0 aliphatic carbocycles. The zero-order valence-corrected chi connectivity index (χ0v) is 16.6. The molecule has 0 bridgehead atoms. The molecule has 0 radical (unpaired) electrons. The number of carbonyl (C=O) groups excluding carboxylic acids is 2. The van der Waals surface area contributed by atoms with Crippen LogP contribution in [0.1, 0.15) is 12.0 Å². The van der Waals surface area contributed by atoms with Gasteiger partial charge in [0.1, 0.15) is 16.8 Å². The fourth-order valence-electron chi connectivity index (χ4n) is 2.25. The summed E-state index contributed by atoms with van der Waals surface area (Å²) in [7, 11) is 0. The quantitative estimate of drug-likeness (QED) is 0.466. The smallest absolute Gasteiger partial charge is 0.240 e. The number of amidine groups is 1. The van der Waals surface area contributed by atoms with Gasteiger partial charge < -0.3 is 15.7 Å². The summed E-state index contributed by atoms with van der Waals surface area (Å²) in [6.45, 7) is 0. The van der Waals surface area contributed by atoms with Crippen LogP contribution in [0.3, 0.4) is 0 Å². The highest BCUT2D eigenvalue weighted by molar-refractivity contribution is 9.10. The first-order valence-corrected chi connectivity index (χ1v) is 9.70. The van der Waals surface area contributed by atoms with Crippen molar-refractivity contribution in [3.05, 3.63) is 58.3 Å². The fourth-order valence-corrected chi connectivity index (χ4v) is 3.57. The number of hydrogen-bond acceptors (Lipinski definition) is 6. The lowest BCUT2D eigenvalue weighted by atomic mass is 10.2. The van der Waals surface area contributed by atoms with Crippen LogP contribution < -0.4 is 10.6 Å². The molecule has 1 fully saturated rings. The molecular weight excluding hydrogens is 451 g/mol. The number of nitrogens with one attached hydrogen (secondary N) is 2. The minimum absolute atomic E-state index is 0.0540. The first-order chi connectivity index (χ1) is 13.4. The third kappa shape index (κ3) is 5.40. The largest absolute Gasteiger partial charge is 0.507 e. The van der Waals surface area contributed by atoms with Crippen LogP contribution in [0.5, 0.6) is 5.75 Å². The van der Waals surface area contributed by atoms with Crippen LogP contribution in [0.4, 0.5) is 10.1 Å². The summed E-state index contributed by atoms with van der Waals surface area (Å²) in [6.07, 6.45) is 1.42. The van der Waals surface area contributed by atoms with Gasteiger partial charge in [-0.05, 0) is 64.0 Å². The molecule has 28 heavy (non-hydrogen) atoms. The predicted octanol–water partition coefficient (Wildman–Crippen LogP) is 3.24. The van der Waals surface area contributed by atoms with Gasteiger partial charge in [0, 0.05) is 12.1 Å². The molecule has 3 N–H and O–H groups in total. The zero-order valence-electron chi connectivity index (χ0n) is 14.2. The van der Waals surface area contributed by atoms with Gasteiger partial charge in [-0.15, -0.1) is 5.10 Å². The Morgan fingerprint density at radius 2 is 2.07 bits per heavy atom. The van der Waals surface area contributed by atoms with Crippen molar-refractivity contribution in [2.45, 2.75) is 11.7 Å². The molecule has 1 unspecified atom stereocenters. The number of halogens is 2. The second-order valence-corrected chi connectivity index (χ2v) is 7.76. The Kier molecular flexibility index (Phi) is 6.42. The van der Waals surface area contributed by atoms with Gasteiger partial charge in [0.15, 0.2) is 5.17 Å². The summed E-state index contributed by atoms with van der Waals surface area (Å²) in [6, 6.07) is 10.2. The van der Waals surface area contributed by atoms with Crippen molar-refractivity contribution >= 4 is 56.6 Å². The van der Waals surface area contributed by atoms with Crippen LogP contribution in [0, 0.1) is 5.82 Å². The second kappa shape index (κ2) is 8.98. The minimum atomic E-state index is -0.628. The number of rotatable bonds is 5. The van der Waals surface area contributed by atoms with Gasteiger partial charge in [-0.1, -0.05) is 11.8 Å². The average Bonchev–Trinajstić information content (AvgIpc) is 2.99. The molecule has 1 aliphatic heterocycles. The van der Waals surface area contributed by atoms with Crippen LogP contribution in [-0.2, 0) is 9.59 Å². The molecule has 1 heterocycles. The maximum Gasteiger partial charge on any atom is 0.240 e. The normalized spacial score (nSPS) is 17.9. The molecular formula is C18H14BrFN4O3S. The van der Waals surface area contributed by atoms with Gasteiger partial charge in [-0.3, -0.25) is 9.59 Å². The van der Waals surface area contributed by atoms with Crippen molar-refractivity contribution in [1.29, 1.82) is 0 Å². The summed E-state index contributed by atoms with van der Waals surface area (Å²) >= 11 is 4.31. The standard InChI is InChI=1S/C18H14BrFN4O3S/c19-13-7-10(1-6-14(13)25)9-21-24-18-23-17(27)15(28-18)8-16(26)22-12-4-2-11(20)3-5-12/h1-7,9,15,25H,8H2,(H,22,26)(H,23,24,27)/b21-9+. The molecule has 1 saturated heterocycles. The highest BCUT2D eigenvalue weighted by Gasteiger charge is 2.32. The van der Waals surface area contributed by atoms with Gasteiger partial charge in [-0.25, -0.2) is 4.39 Å². The Hall–Kier alpha value is -2.72. The molecule has 1 atom stereocenters. The lowest BCUT2D eigenvalue weighted by Crippen LogP contribution is -2.28. The summed E-state index contributed by atoms with van der Waals surface area (Å²) in [5.74, 6) is -0.979. The molecule has 0 aromatic heterocycles. The molecule has 1 aliphatic rings. The van der Waals surface area contributed by atoms with Crippen molar-refractivity contribution in [2.75, 3.05) is 5.32 Å². The maximum absolute atomic E-state index is 12.9. The van der Waals surface area contributed by atoms with Crippen LogP contribution >= 0.6 is 27.7 Å². The Balaban J connectivity index is 1.55. The van der Waals surface area contributed by atoms with Crippen LogP contribution in [-0.4, -0.2) is 33.6 Å². The molecule has 2 amide bonds. The predicted molar refractivity (Wildman–Crippen MR) is 110 cm³/mol. The van der Waals surface area contributed by atoms with E-state index in [4.69, 9.17) is 0 Å². The number of benzene rings is 2. The number of carbonyl (C=O) groups is 2. The molecule has 2 aromatic carbocycles. The number of nitrogens with zero attached hydrogens (tertiary/aromatic N) is 2. The summed E-state index contributed by atoms with van der Waals surface area (Å²) in [4.78, 5) is 24.1. The molecule has 0 spiro atoms. The summed E-state index contributed by atoms with van der Waals surface area (Å²) in [5, 5.41) is 22.1. The van der Waals surface area contributed by atoms with E-state index in [1.165, 1.54) is 36.5 Å². The molecule has 144 valence electrons. The van der Waals surface area contributed by atoms with Gasteiger partial charge in [0.05, 0.1) is 10.7 Å². The first kappa shape index (κ1) is 20.0. The second-order valence-electron chi connectivity index (χ2n) is 5.72. The summed E-state index contributed by atoms with van der Waals surface area (Å²) in [5.41, 5.74) is 1.16. The van der Waals surface area contributed by atoms with Crippen LogP contribution in [0.2, 0.25) is 0 Å². The molecule has 0 saturated carbocycles. The van der Waals surface area contributed by atoms with Crippen molar-refractivity contribution in [3.8, 4) is 5.75 Å². The van der Waals surface area contributed by atoms with E-state index < -0.39 is 11.1 Å². The monoisotopic (exact) mass is 464 g/mol. The van der Waals surface area contributed by atoms with Crippen molar-refractivity contribution < 1.29 is 19.1 Å². The highest BCUT2D eigenvalue weighted by atomic mass is 79.9. The number of aromatic hydroxyl groups is 1. The lowest BCUT2D eigenvalue weighted by Gasteiger charge is -2.07. The number of phenolic OH excluding ortho intramolecular Hbond substituents is 1. The summed E-state index contributed by atoms with van der Waals surface area (Å²) < 4.78 is 13.4. The number of hydrogen-bond donors (Lipinski definition) is 3. The Morgan fingerprint density at radius 1 is 1.32 bits per heavy atom. The molecule has 7 nitrogen and oxygen atoms in total. The minimum Gasteiger partial charge on any atom is -0.507 e. The number of phenols is 1. The number of thioether (sulfide) groups is 1. The Labute approximate surface area is 172 Å². The topological polar surface area (TPSA) is 103 Å². The van der Waals surface area contributed by atoms with E-state index in [9.17, 15) is 19.1 Å². The third-order valence-electron chi connectivity index (χ3n) is 3.60. The van der Waals surface area contributed by atoms with Crippen LogP contribution in [0.25, 0.3) is 0 Å². The van der Waals surface area contributed by atoms with E-state index in [1.54, 1.807) is 12.1 Å². The number of amides is 2. The van der Waals surface area contributed by atoms with E-state index in [0.717, 1.165) is 11.8 Å². The Bertz CT molecular complexity index is 966. The molecule has 3 rings (SSSR count). The van der Waals surface area contributed by atoms with Crippen LogP contribution in [0.15, 0.2) is 57.1 Å². The highest BCUT2D eigenvalue weighted by Crippen LogP contribution is 2.24. The Morgan fingerprint density at radius 3 is 2.79 bits per heavy atom. The first-order valence-electron chi connectivity index (χ1n) is 8.03. The molecule has 10 heteroatoms. The van der Waals surface area contributed by atoms with E-state index >= 15 is 0 Å². The van der Waals surface area contributed by atoms with Gasteiger partial charge in [0.2, 0.25) is 11.8 Å².